The standard InChI is InChI=1S/C20H13ClFNO3S/c21-12-3-1-2-11(8-12)14-9-15(24)23-17-16(10-4-6-13(22)7-5-10)19(20(25)26)27-18(14)17/h1-8,14H,9H2,(H,23,24)(H,25,26). The van der Waals surface area contributed by atoms with Crippen LogP contribution in [-0.4, -0.2) is 17.0 Å². The summed E-state index contributed by atoms with van der Waals surface area (Å²) in [4.78, 5) is 25.1. The van der Waals surface area contributed by atoms with Crippen molar-refractivity contribution in [2.24, 2.45) is 0 Å². The van der Waals surface area contributed by atoms with E-state index in [0.717, 1.165) is 21.8 Å². The molecule has 2 aromatic carbocycles. The lowest BCUT2D eigenvalue weighted by molar-refractivity contribution is -0.116. The summed E-state index contributed by atoms with van der Waals surface area (Å²) in [5, 5.41) is 13.1. The van der Waals surface area contributed by atoms with Crippen LogP contribution in [0.15, 0.2) is 48.5 Å². The van der Waals surface area contributed by atoms with E-state index in [-0.39, 0.29) is 23.1 Å². The first-order valence-electron chi connectivity index (χ1n) is 8.15. The van der Waals surface area contributed by atoms with Crippen LogP contribution in [0, 0.1) is 5.82 Å². The van der Waals surface area contributed by atoms with E-state index < -0.39 is 11.8 Å². The van der Waals surface area contributed by atoms with Gasteiger partial charge in [0.15, 0.2) is 0 Å². The number of anilines is 1. The maximum Gasteiger partial charge on any atom is 0.346 e. The van der Waals surface area contributed by atoms with E-state index in [9.17, 15) is 19.1 Å². The number of aromatic carboxylic acids is 1. The second-order valence-electron chi connectivity index (χ2n) is 6.22. The van der Waals surface area contributed by atoms with Gasteiger partial charge in [0, 0.05) is 27.8 Å². The van der Waals surface area contributed by atoms with Gasteiger partial charge in [-0.3, -0.25) is 4.79 Å². The Balaban J connectivity index is 1.94. The quantitative estimate of drug-likeness (QED) is 0.619. The molecule has 2 N–H and O–H groups in total. The highest BCUT2D eigenvalue weighted by atomic mass is 35.5. The first-order valence-corrected chi connectivity index (χ1v) is 9.34. The number of carbonyl (C=O) groups is 2. The zero-order valence-electron chi connectivity index (χ0n) is 13.8. The van der Waals surface area contributed by atoms with Crippen molar-refractivity contribution in [1.29, 1.82) is 0 Å². The third-order valence-electron chi connectivity index (χ3n) is 4.48. The lowest BCUT2D eigenvalue weighted by atomic mass is 9.88. The molecule has 0 fully saturated rings. The molecule has 0 spiro atoms. The summed E-state index contributed by atoms with van der Waals surface area (Å²) in [6, 6.07) is 12.8. The molecule has 4 nitrogen and oxygen atoms in total. The van der Waals surface area contributed by atoms with Gasteiger partial charge >= 0.3 is 5.97 Å². The van der Waals surface area contributed by atoms with Crippen LogP contribution in [0.2, 0.25) is 5.02 Å². The molecular weight excluding hydrogens is 389 g/mol. The van der Waals surface area contributed by atoms with Crippen molar-refractivity contribution in [3.05, 3.63) is 74.7 Å². The Kier molecular flexibility index (Phi) is 4.45. The van der Waals surface area contributed by atoms with E-state index in [0.29, 0.717) is 21.8 Å². The first kappa shape index (κ1) is 17.7. The maximum atomic E-state index is 13.3. The number of halogens is 2. The molecule has 0 saturated carbocycles. The Hall–Kier alpha value is -2.70. The lowest BCUT2D eigenvalue weighted by Gasteiger charge is -2.24. The highest BCUT2D eigenvalue weighted by Gasteiger charge is 2.34. The first-order chi connectivity index (χ1) is 12.9. The van der Waals surface area contributed by atoms with E-state index in [1.54, 1.807) is 18.2 Å². The molecular formula is C20H13ClFNO3S. The summed E-state index contributed by atoms with van der Waals surface area (Å²) < 4.78 is 13.3. The summed E-state index contributed by atoms with van der Waals surface area (Å²) >= 11 is 7.23. The molecule has 136 valence electrons. The van der Waals surface area contributed by atoms with Gasteiger partial charge < -0.3 is 10.4 Å². The fourth-order valence-electron chi connectivity index (χ4n) is 3.32. The summed E-state index contributed by atoms with van der Waals surface area (Å²) in [6.45, 7) is 0. The van der Waals surface area contributed by atoms with E-state index in [1.165, 1.54) is 24.3 Å². The lowest BCUT2D eigenvalue weighted by Crippen LogP contribution is -2.22. The second-order valence-corrected chi connectivity index (χ2v) is 7.71. The molecule has 1 aliphatic heterocycles. The summed E-state index contributed by atoms with van der Waals surface area (Å²) in [7, 11) is 0. The van der Waals surface area contributed by atoms with Gasteiger partial charge in [-0.1, -0.05) is 35.9 Å². The fourth-order valence-corrected chi connectivity index (χ4v) is 4.77. The van der Waals surface area contributed by atoms with Crippen molar-refractivity contribution in [2.75, 3.05) is 5.32 Å². The molecule has 3 aromatic rings. The smallest absolute Gasteiger partial charge is 0.346 e. The van der Waals surface area contributed by atoms with Gasteiger partial charge in [0.1, 0.15) is 10.7 Å². The van der Waals surface area contributed by atoms with Crippen LogP contribution in [-0.2, 0) is 4.79 Å². The molecule has 1 aliphatic rings. The van der Waals surface area contributed by atoms with E-state index in [2.05, 4.69) is 5.32 Å². The van der Waals surface area contributed by atoms with Gasteiger partial charge in [-0.05, 0) is 35.4 Å². The minimum atomic E-state index is -1.09. The van der Waals surface area contributed by atoms with Crippen LogP contribution in [0.25, 0.3) is 11.1 Å². The molecule has 1 aromatic heterocycles. The van der Waals surface area contributed by atoms with Gasteiger partial charge in [-0.2, -0.15) is 0 Å². The third kappa shape index (κ3) is 3.22. The number of carbonyl (C=O) groups excluding carboxylic acids is 1. The van der Waals surface area contributed by atoms with Crippen LogP contribution in [0.3, 0.4) is 0 Å². The number of fused-ring (bicyclic) bond motifs is 1. The minimum absolute atomic E-state index is 0.112. The molecule has 4 rings (SSSR count). The summed E-state index contributed by atoms with van der Waals surface area (Å²) in [6.07, 6.45) is 0.204. The van der Waals surface area contributed by atoms with Gasteiger partial charge in [-0.25, -0.2) is 9.18 Å². The fraction of sp³-hybridized carbons (Fsp3) is 0.100. The monoisotopic (exact) mass is 401 g/mol. The Morgan fingerprint density at radius 1 is 1.22 bits per heavy atom. The highest BCUT2D eigenvalue weighted by Crippen LogP contribution is 2.49. The number of carboxylic acid groups (broad SMARTS) is 1. The SMILES string of the molecule is O=C1CC(c2cccc(Cl)c2)c2sc(C(=O)O)c(-c3ccc(F)cc3)c2N1. The van der Waals surface area contributed by atoms with Crippen LogP contribution >= 0.6 is 22.9 Å². The molecule has 0 aliphatic carbocycles. The Labute approximate surface area is 163 Å². The van der Waals surface area contributed by atoms with Crippen LogP contribution < -0.4 is 5.32 Å². The number of carboxylic acids is 1. The second kappa shape index (κ2) is 6.79. The zero-order valence-corrected chi connectivity index (χ0v) is 15.4. The summed E-state index contributed by atoms with van der Waals surface area (Å²) in [5.74, 6) is -2.00. The summed E-state index contributed by atoms with van der Waals surface area (Å²) in [5.41, 5.74) is 2.27. The molecule has 1 unspecified atom stereocenters. The van der Waals surface area contributed by atoms with Crippen LogP contribution in [0.4, 0.5) is 10.1 Å². The molecule has 1 atom stereocenters. The van der Waals surface area contributed by atoms with Gasteiger partial charge in [0.2, 0.25) is 5.91 Å². The largest absolute Gasteiger partial charge is 0.477 e. The minimum Gasteiger partial charge on any atom is -0.477 e. The van der Waals surface area contributed by atoms with Crippen LogP contribution in [0.5, 0.6) is 0 Å². The van der Waals surface area contributed by atoms with Crippen molar-refractivity contribution in [2.45, 2.75) is 12.3 Å². The number of nitrogens with one attached hydrogen (secondary N) is 1. The van der Waals surface area contributed by atoms with Crippen molar-refractivity contribution in [1.82, 2.24) is 0 Å². The molecule has 0 bridgehead atoms. The number of hydrogen-bond acceptors (Lipinski definition) is 3. The van der Waals surface area contributed by atoms with Crippen molar-refractivity contribution in [3.8, 4) is 11.1 Å². The maximum absolute atomic E-state index is 13.3. The van der Waals surface area contributed by atoms with E-state index in [1.807, 2.05) is 6.07 Å². The Bertz CT molecular complexity index is 1060. The average molecular weight is 402 g/mol. The number of hydrogen-bond donors (Lipinski definition) is 2. The Morgan fingerprint density at radius 3 is 2.63 bits per heavy atom. The molecule has 2 heterocycles. The predicted octanol–water partition coefficient (Wildman–Crippen LogP) is 5.38. The van der Waals surface area contributed by atoms with Gasteiger partial charge in [-0.15, -0.1) is 11.3 Å². The number of amides is 1. The topological polar surface area (TPSA) is 66.4 Å². The molecule has 7 heteroatoms. The van der Waals surface area contributed by atoms with Crippen molar-refractivity contribution >= 4 is 40.5 Å². The van der Waals surface area contributed by atoms with Gasteiger partial charge in [0.25, 0.3) is 0 Å². The Morgan fingerprint density at radius 2 is 1.96 bits per heavy atom. The van der Waals surface area contributed by atoms with E-state index >= 15 is 0 Å². The molecule has 27 heavy (non-hydrogen) atoms. The third-order valence-corrected chi connectivity index (χ3v) is 6.01. The number of benzene rings is 2. The number of rotatable bonds is 3. The molecule has 0 saturated heterocycles. The average Bonchev–Trinajstić information content (AvgIpc) is 3.01. The molecule has 1 amide bonds. The number of thiophene rings is 1. The normalized spacial score (nSPS) is 15.9. The van der Waals surface area contributed by atoms with Gasteiger partial charge in [0.05, 0.1) is 5.69 Å². The van der Waals surface area contributed by atoms with Crippen molar-refractivity contribution < 1.29 is 19.1 Å². The highest BCUT2D eigenvalue weighted by molar-refractivity contribution is 7.15. The van der Waals surface area contributed by atoms with Crippen LogP contribution in [0.1, 0.15) is 32.5 Å². The molecule has 0 radical (unpaired) electrons. The van der Waals surface area contributed by atoms with Crippen molar-refractivity contribution in [3.63, 3.8) is 0 Å². The van der Waals surface area contributed by atoms with E-state index in [4.69, 9.17) is 11.6 Å². The predicted molar refractivity (Wildman–Crippen MR) is 103 cm³/mol. The zero-order chi connectivity index (χ0) is 19.1.